The lowest BCUT2D eigenvalue weighted by Crippen LogP contribution is -2.14. The van der Waals surface area contributed by atoms with Gasteiger partial charge >= 0.3 is 5.97 Å². The van der Waals surface area contributed by atoms with E-state index in [0.717, 1.165) is 11.8 Å². The van der Waals surface area contributed by atoms with Crippen molar-refractivity contribution in [2.24, 2.45) is 0 Å². The molecular weight excluding hydrogens is 314 g/mol. The van der Waals surface area contributed by atoms with Gasteiger partial charge in [0.25, 0.3) is 0 Å². The molecule has 1 aromatic carbocycles. The van der Waals surface area contributed by atoms with Crippen LogP contribution in [0.5, 0.6) is 5.75 Å². The number of thioether (sulfide) groups is 1. The fraction of sp³-hybridized carbons (Fsp3) is 0.308. The minimum absolute atomic E-state index is 0.182. The summed E-state index contributed by atoms with van der Waals surface area (Å²) >= 11 is 7.09. The van der Waals surface area contributed by atoms with E-state index in [0.29, 0.717) is 28.2 Å². The largest absolute Gasteiger partial charge is 0.484 e. The molecule has 2 N–H and O–H groups in total. The molecular formula is C13H14ClN3O3S. The van der Waals surface area contributed by atoms with Gasteiger partial charge in [0, 0.05) is 0 Å². The SMILES string of the molecule is CCC(Sc1n[nH]c(COc2ccccc2Cl)n1)C(=O)O. The Balaban J connectivity index is 1.94. The highest BCUT2D eigenvalue weighted by atomic mass is 35.5. The van der Waals surface area contributed by atoms with Gasteiger partial charge in [-0.1, -0.05) is 42.4 Å². The van der Waals surface area contributed by atoms with Gasteiger partial charge in [-0.25, -0.2) is 4.98 Å². The highest BCUT2D eigenvalue weighted by molar-refractivity contribution is 8.00. The quantitative estimate of drug-likeness (QED) is 0.760. The lowest BCUT2D eigenvalue weighted by atomic mass is 10.3. The molecule has 8 heteroatoms. The van der Waals surface area contributed by atoms with Crippen LogP contribution in [0.25, 0.3) is 0 Å². The minimum atomic E-state index is -0.874. The Kier molecular flexibility index (Phi) is 5.46. The molecule has 0 fully saturated rings. The predicted octanol–water partition coefficient (Wildman–Crippen LogP) is 2.99. The summed E-state index contributed by atoms with van der Waals surface area (Å²) in [4.78, 5) is 15.2. The maximum absolute atomic E-state index is 11.0. The number of carboxylic acid groups (broad SMARTS) is 1. The number of aromatic nitrogens is 3. The zero-order chi connectivity index (χ0) is 15.2. The van der Waals surface area contributed by atoms with E-state index in [1.807, 2.05) is 12.1 Å². The van der Waals surface area contributed by atoms with E-state index in [1.54, 1.807) is 19.1 Å². The van der Waals surface area contributed by atoms with Crippen LogP contribution in [-0.2, 0) is 11.4 Å². The third-order valence-electron chi connectivity index (χ3n) is 2.61. The van der Waals surface area contributed by atoms with E-state index in [9.17, 15) is 4.79 Å². The summed E-state index contributed by atoms with van der Waals surface area (Å²) in [7, 11) is 0. The molecule has 0 aliphatic carbocycles. The predicted molar refractivity (Wildman–Crippen MR) is 79.7 cm³/mol. The zero-order valence-electron chi connectivity index (χ0n) is 11.2. The van der Waals surface area contributed by atoms with E-state index in [2.05, 4.69) is 15.2 Å². The smallest absolute Gasteiger partial charge is 0.317 e. The third kappa shape index (κ3) is 4.37. The van der Waals surface area contributed by atoms with Crippen molar-refractivity contribution in [3.8, 4) is 5.75 Å². The molecule has 112 valence electrons. The highest BCUT2D eigenvalue weighted by Gasteiger charge is 2.19. The maximum Gasteiger partial charge on any atom is 0.317 e. The molecule has 0 aliphatic heterocycles. The summed E-state index contributed by atoms with van der Waals surface area (Å²) in [6.45, 7) is 1.99. The highest BCUT2D eigenvalue weighted by Crippen LogP contribution is 2.25. The average molecular weight is 328 g/mol. The van der Waals surface area contributed by atoms with Crippen molar-refractivity contribution in [3.63, 3.8) is 0 Å². The number of ether oxygens (including phenoxy) is 1. The molecule has 2 rings (SSSR count). The second-order valence-electron chi connectivity index (χ2n) is 4.14. The number of rotatable bonds is 7. The number of aliphatic carboxylic acids is 1. The summed E-state index contributed by atoms with van der Waals surface area (Å²) < 4.78 is 5.52. The molecule has 1 aromatic heterocycles. The van der Waals surface area contributed by atoms with Crippen LogP contribution in [0.4, 0.5) is 0 Å². The van der Waals surface area contributed by atoms with Crippen LogP contribution in [0.3, 0.4) is 0 Å². The molecule has 0 saturated heterocycles. The Labute approximate surface area is 130 Å². The van der Waals surface area contributed by atoms with E-state index in [-0.39, 0.29) is 6.61 Å². The number of H-pyrrole nitrogens is 1. The van der Waals surface area contributed by atoms with Crippen LogP contribution in [0.1, 0.15) is 19.2 Å². The number of halogens is 1. The van der Waals surface area contributed by atoms with Crippen LogP contribution in [-0.4, -0.2) is 31.5 Å². The molecule has 0 bridgehead atoms. The summed E-state index contributed by atoms with van der Waals surface area (Å²) in [5, 5.41) is 16.0. The van der Waals surface area contributed by atoms with Crippen molar-refractivity contribution in [3.05, 3.63) is 35.1 Å². The van der Waals surface area contributed by atoms with E-state index in [4.69, 9.17) is 21.4 Å². The number of carbonyl (C=O) groups is 1. The molecule has 0 amide bonds. The first-order valence-electron chi connectivity index (χ1n) is 6.28. The number of hydrogen-bond donors (Lipinski definition) is 2. The van der Waals surface area contributed by atoms with Crippen molar-refractivity contribution >= 4 is 29.3 Å². The van der Waals surface area contributed by atoms with Gasteiger partial charge in [-0.05, 0) is 18.6 Å². The molecule has 1 unspecified atom stereocenters. The topological polar surface area (TPSA) is 88.1 Å². The van der Waals surface area contributed by atoms with Crippen molar-refractivity contribution in [1.29, 1.82) is 0 Å². The maximum atomic E-state index is 11.0. The number of benzene rings is 1. The first kappa shape index (κ1) is 15.7. The molecule has 0 saturated carbocycles. The molecule has 1 heterocycles. The second kappa shape index (κ2) is 7.33. The minimum Gasteiger partial charge on any atom is -0.484 e. The monoisotopic (exact) mass is 327 g/mol. The number of nitrogens with one attached hydrogen (secondary N) is 1. The van der Waals surface area contributed by atoms with Gasteiger partial charge in [0.05, 0.1) is 5.02 Å². The average Bonchev–Trinajstić information content (AvgIpc) is 2.91. The normalized spacial score (nSPS) is 12.1. The van der Waals surface area contributed by atoms with Gasteiger partial charge in [-0.15, -0.1) is 5.10 Å². The van der Waals surface area contributed by atoms with Gasteiger partial charge in [-0.2, -0.15) is 0 Å². The number of nitrogens with zero attached hydrogens (tertiary/aromatic N) is 2. The fourth-order valence-electron chi connectivity index (χ4n) is 1.54. The van der Waals surface area contributed by atoms with Crippen LogP contribution < -0.4 is 4.74 Å². The number of aromatic amines is 1. The molecule has 0 aliphatic rings. The number of para-hydroxylation sites is 1. The molecule has 21 heavy (non-hydrogen) atoms. The first-order valence-corrected chi connectivity index (χ1v) is 7.54. The molecule has 1 atom stereocenters. The zero-order valence-corrected chi connectivity index (χ0v) is 12.8. The Morgan fingerprint density at radius 1 is 1.52 bits per heavy atom. The van der Waals surface area contributed by atoms with Gasteiger partial charge in [0.2, 0.25) is 5.16 Å². The van der Waals surface area contributed by atoms with E-state index < -0.39 is 11.2 Å². The summed E-state index contributed by atoms with van der Waals surface area (Å²) in [5.74, 6) is 0.195. The number of hydrogen-bond acceptors (Lipinski definition) is 5. The first-order chi connectivity index (χ1) is 10.1. The van der Waals surface area contributed by atoms with Crippen molar-refractivity contribution < 1.29 is 14.6 Å². The summed E-state index contributed by atoms with van der Waals surface area (Å²) in [5.41, 5.74) is 0. The second-order valence-corrected chi connectivity index (χ2v) is 5.71. The fourth-order valence-corrected chi connectivity index (χ4v) is 2.51. The summed E-state index contributed by atoms with van der Waals surface area (Å²) in [6, 6.07) is 7.12. The lowest BCUT2D eigenvalue weighted by molar-refractivity contribution is -0.136. The summed E-state index contributed by atoms with van der Waals surface area (Å²) in [6.07, 6.45) is 0.500. The van der Waals surface area contributed by atoms with Crippen molar-refractivity contribution in [2.45, 2.75) is 30.4 Å². The molecule has 6 nitrogen and oxygen atoms in total. The van der Waals surface area contributed by atoms with Gasteiger partial charge in [0.1, 0.15) is 17.6 Å². The molecule has 0 radical (unpaired) electrons. The van der Waals surface area contributed by atoms with Gasteiger partial charge in [-0.3, -0.25) is 9.89 Å². The Morgan fingerprint density at radius 3 is 2.95 bits per heavy atom. The van der Waals surface area contributed by atoms with E-state index in [1.165, 1.54) is 0 Å². The van der Waals surface area contributed by atoms with Crippen LogP contribution in [0, 0.1) is 0 Å². The Morgan fingerprint density at radius 2 is 2.29 bits per heavy atom. The van der Waals surface area contributed by atoms with Crippen LogP contribution in [0.15, 0.2) is 29.4 Å². The third-order valence-corrected chi connectivity index (χ3v) is 4.13. The lowest BCUT2D eigenvalue weighted by Gasteiger charge is -2.05. The van der Waals surface area contributed by atoms with Crippen LogP contribution >= 0.6 is 23.4 Å². The molecule has 0 spiro atoms. The standard InChI is InChI=1S/C13H14ClN3O3S/c1-2-10(12(18)19)21-13-15-11(16-17-13)7-20-9-6-4-3-5-8(9)14/h3-6,10H,2,7H2,1H3,(H,18,19)(H,15,16,17). The van der Waals surface area contributed by atoms with Gasteiger partial charge < -0.3 is 9.84 Å². The van der Waals surface area contributed by atoms with Crippen LogP contribution in [0.2, 0.25) is 5.02 Å². The van der Waals surface area contributed by atoms with Gasteiger partial charge in [0.15, 0.2) is 5.82 Å². The number of carboxylic acids is 1. The Bertz CT molecular complexity index is 620. The van der Waals surface area contributed by atoms with Crippen molar-refractivity contribution in [1.82, 2.24) is 15.2 Å². The van der Waals surface area contributed by atoms with Crippen molar-refractivity contribution in [2.75, 3.05) is 0 Å². The Hall–Kier alpha value is -1.73. The molecule has 2 aromatic rings. The van der Waals surface area contributed by atoms with E-state index >= 15 is 0 Å².